The van der Waals surface area contributed by atoms with Crippen LogP contribution in [-0.2, 0) is 41.0 Å². The Morgan fingerprint density at radius 1 is 1.05 bits per heavy atom. The van der Waals surface area contributed by atoms with E-state index in [0.717, 1.165) is 41.9 Å². The Labute approximate surface area is 261 Å². The van der Waals surface area contributed by atoms with Crippen LogP contribution in [0.4, 0.5) is 0 Å². The fourth-order valence-electron chi connectivity index (χ4n) is 4.75. The number of rotatable bonds is 15. The van der Waals surface area contributed by atoms with Crippen molar-refractivity contribution in [2.75, 3.05) is 32.8 Å². The summed E-state index contributed by atoms with van der Waals surface area (Å²) in [4.78, 5) is 36.9. The molecule has 0 bridgehead atoms. The average Bonchev–Trinajstić information content (AvgIpc) is 3.46. The van der Waals surface area contributed by atoms with Gasteiger partial charge in [-0.1, -0.05) is 42.0 Å². The zero-order chi connectivity index (χ0) is 30.5. The fraction of sp³-hybridized carbons (Fsp3) is 0.516. The van der Waals surface area contributed by atoms with Gasteiger partial charge >= 0.3 is 17.9 Å². The first-order chi connectivity index (χ1) is 20.3. The van der Waals surface area contributed by atoms with Crippen LogP contribution in [0.3, 0.4) is 0 Å². The van der Waals surface area contributed by atoms with Crippen LogP contribution in [0.15, 0.2) is 52.5 Å². The Hall–Kier alpha value is -2.40. The smallest absolute Gasteiger partial charge is 0.341 e. The number of alkyl halides is 1. The zero-order valence-corrected chi connectivity index (χ0v) is 26.9. The normalized spacial score (nSPS) is 15.7. The van der Waals surface area contributed by atoms with Gasteiger partial charge in [-0.05, 0) is 62.2 Å². The number of thioether (sulfide) groups is 2. The summed E-state index contributed by atoms with van der Waals surface area (Å²) in [5, 5.41) is 0. The van der Waals surface area contributed by atoms with Gasteiger partial charge in [0.1, 0.15) is 23.2 Å². The van der Waals surface area contributed by atoms with E-state index in [1.54, 1.807) is 6.07 Å². The molecule has 0 radical (unpaired) electrons. The molecule has 0 unspecified atom stereocenters. The first-order valence-electron chi connectivity index (χ1n) is 13.8. The second kappa shape index (κ2) is 17.0. The van der Waals surface area contributed by atoms with Crippen molar-refractivity contribution in [3.8, 4) is 0 Å². The molecule has 8 nitrogen and oxygen atoms in total. The van der Waals surface area contributed by atoms with Crippen LogP contribution in [0, 0.1) is 5.92 Å². The maximum Gasteiger partial charge on any atom is 0.341 e. The molecule has 0 aliphatic carbocycles. The van der Waals surface area contributed by atoms with E-state index < -0.39 is 34.0 Å². The summed E-state index contributed by atoms with van der Waals surface area (Å²) in [5.41, 5.74) is 2.45. The van der Waals surface area contributed by atoms with Crippen LogP contribution in [0.1, 0.15) is 72.6 Å². The van der Waals surface area contributed by atoms with Crippen LogP contribution in [0.2, 0.25) is 0 Å². The second-order valence-corrected chi connectivity index (χ2v) is 13.3. The molecule has 1 saturated heterocycles. The largest absolute Gasteiger partial charge is 0.468 e. The SMILES string of the molecule is COC(=O)c1cc(CCl)oc1[C@H](OCc1ccccc1)C1(CC/C(C)=C/CCC(C(=O)OC)C(=O)OC)SCCCS1. The number of carbonyl (C=O) groups is 3. The number of furan rings is 1. The maximum atomic E-state index is 12.8. The van der Waals surface area contributed by atoms with E-state index in [9.17, 15) is 14.4 Å². The third-order valence-electron chi connectivity index (χ3n) is 7.01. The monoisotopic (exact) mass is 638 g/mol. The molecule has 11 heteroatoms. The lowest BCUT2D eigenvalue weighted by Gasteiger charge is -2.41. The molecular formula is C31H39ClO8S2. The molecule has 1 aliphatic rings. The summed E-state index contributed by atoms with van der Waals surface area (Å²) < 4.78 is 27.0. The van der Waals surface area contributed by atoms with Crippen molar-refractivity contribution in [1.82, 2.24) is 0 Å². The lowest BCUT2D eigenvalue weighted by molar-refractivity contribution is -0.159. The minimum absolute atomic E-state index is 0.114. The van der Waals surface area contributed by atoms with E-state index in [1.807, 2.05) is 66.9 Å². The number of carbonyl (C=O) groups excluding carboxylic acids is 3. The van der Waals surface area contributed by atoms with E-state index in [0.29, 0.717) is 36.5 Å². The van der Waals surface area contributed by atoms with Gasteiger partial charge in [0.25, 0.3) is 0 Å². The average molecular weight is 639 g/mol. The molecule has 2 aromatic rings. The highest BCUT2D eigenvalue weighted by atomic mass is 35.5. The molecule has 1 atom stereocenters. The summed E-state index contributed by atoms with van der Waals surface area (Å²) in [6.07, 6.45) is 4.84. The van der Waals surface area contributed by atoms with Crippen molar-refractivity contribution in [1.29, 1.82) is 0 Å². The minimum atomic E-state index is -0.956. The highest BCUT2D eigenvalue weighted by molar-refractivity contribution is 8.18. The topological polar surface area (TPSA) is 101 Å². The van der Waals surface area contributed by atoms with Gasteiger partial charge in [-0.25, -0.2) is 4.79 Å². The van der Waals surface area contributed by atoms with Crippen LogP contribution < -0.4 is 0 Å². The Morgan fingerprint density at radius 3 is 2.31 bits per heavy atom. The lowest BCUT2D eigenvalue weighted by atomic mass is 9.99. The van der Waals surface area contributed by atoms with Gasteiger partial charge < -0.3 is 23.4 Å². The third-order valence-corrected chi connectivity index (χ3v) is 10.8. The van der Waals surface area contributed by atoms with Crippen molar-refractivity contribution >= 4 is 53.0 Å². The van der Waals surface area contributed by atoms with Gasteiger partial charge in [-0.3, -0.25) is 9.59 Å². The van der Waals surface area contributed by atoms with Crippen molar-refractivity contribution in [2.24, 2.45) is 5.92 Å². The van der Waals surface area contributed by atoms with Crippen LogP contribution in [0.5, 0.6) is 0 Å². The quantitative estimate of drug-likeness (QED) is 0.0660. The summed E-state index contributed by atoms with van der Waals surface area (Å²) in [6, 6.07) is 11.5. The van der Waals surface area contributed by atoms with Crippen LogP contribution in [0.25, 0.3) is 0 Å². The molecule has 0 amide bonds. The van der Waals surface area contributed by atoms with Gasteiger partial charge in [0.15, 0.2) is 5.92 Å². The number of esters is 3. The molecule has 1 aliphatic heterocycles. The summed E-state index contributed by atoms with van der Waals surface area (Å²) >= 11 is 9.77. The Balaban J connectivity index is 1.89. The standard InChI is InChI=1S/C31H39ClO8S2/c1-21(10-8-13-24(28(33)36-2)29(34)37-3)14-15-31(41-16-9-17-42-31)27(39-20-22-11-6-5-7-12-22)26-25(30(35)38-4)18-23(19-32)40-26/h5-7,10-12,18,24,27H,8-9,13-17,19-20H2,1-4H3/b21-10+/t27-/m0/s1. The predicted molar refractivity (Wildman–Crippen MR) is 166 cm³/mol. The maximum absolute atomic E-state index is 12.8. The summed E-state index contributed by atoms with van der Waals surface area (Å²) in [5.74, 6) is 0.244. The highest BCUT2D eigenvalue weighted by Gasteiger charge is 2.46. The van der Waals surface area contributed by atoms with Gasteiger partial charge in [-0.2, -0.15) is 0 Å². The highest BCUT2D eigenvalue weighted by Crippen LogP contribution is 2.56. The Morgan fingerprint density at radius 2 is 1.71 bits per heavy atom. The summed E-state index contributed by atoms with van der Waals surface area (Å²) in [6.45, 7) is 2.37. The molecule has 0 N–H and O–H groups in total. The van der Waals surface area contributed by atoms with Crippen LogP contribution >= 0.6 is 35.1 Å². The number of hydrogen-bond acceptors (Lipinski definition) is 10. The van der Waals surface area contributed by atoms with Gasteiger partial charge in [-0.15, -0.1) is 35.1 Å². The van der Waals surface area contributed by atoms with E-state index in [-0.39, 0.29) is 5.88 Å². The van der Waals surface area contributed by atoms with Gasteiger partial charge in [0.2, 0.25) is 0 Å². The van der Waals surface area contributed by atoms with E-state index in [1.165, 1.54) is 21.3 Å². The van der Waals surface area contributed by atoms with E-state index >= 15 is 0 Å². The molecule has 42 heavy (non-hydrogen) atoms. The number of halogens is 1. The van der Waals surface area contributed by atoms with Crippen LogP contribution in [-0.4, -0.2) is 54.8 Å². The summed E-state index contributed by atoms with van der Waals surface area (Å²) in [7, 11) is 3.86. The lowest BCUT2D eigenvalue weighted by Crippen LogP contribution is -2.35. The molecular weight excluding hydrogens is 600 g/mol. The molecule has 1 fully saturated rings. The minimum Gasteiger partial charge on any atom is -0.468 e. The molecule has 1 aromatic carbocycles. The molecule has 0 saturated carbocycles. The number of hydrogen-bond donors (Lipinski definition) is 0. The first kappa shape index (κ1) is 34.1. The molecule has 3 rings (SSSR count). The predicted octanol–water partition coefficient (Wildman–Crippen LogP) is 7.10. The van der Waals surface area contributed by atoms with Crippen molar-refractivity contribution in [3.05, 3.63) is 70.7 Å². The van der Waals surface area contributed by atoms with E-state index in [2.05, 4.69) is 0 Å². The molecule has 0 spiro atoms. The third kappa shape index (κ3) is 9.05. The Kier molecular flexibility index (Phi) is 13.8. The number of ether oxygens (including phenoxy) is 4. The zero-order valence-electron chi connectivity index (χ0n) is 24.5. The van der Waals surface area contributed by atoms with Crippen molar-refractivity contribution in [3.63, 3.8) is 0 Å². The second-order valence-electron chi connectivity index (χ2n) is 9.88. The van der Waals surface area contributed by atoms with E-state index in [4.69, 9.17) is 35.0 Å². The Bertz CT molecular complexity index is 1190. The fourth-order valence-corrected chi connectivity index (χ4v) is 8.31. The first-order valence-corrected chi connectivity index (χ1v) is 16.3. The van der Waals surface area contributed by atoms with Crippen molar-refractivity contribution < 1.29 is 37.7 Å². The number of allylic oxidation sites excluding steroid dienone is 2. The van der Waals surface area contributed by atoms with Gasteiger partial charge in [0.05, 0.1) is 37.9 Å². The number of methoxy groups -OCH3 is 3. The molecule has 1 aromatic heterocycles. The molecule has 230 valence electrons. The number of benzene rings is 1. The van der Waals surface area contributed by atoms with Crippen molar-refractivity contribution in [2.45, 2.75) is 61.7 Å². The van der Waals surface area contributed by atoms with Gasteiger partial charge in [0, 0.05) is 0 Å². The molecule has 2 heterocycles.